The number of aryl methyl sites for hydroxylation is 2. The minimum atomic E-state index is 0.0396. The highest BCUT2D eigenvalue weighted by atomic mass is 16.5. The molecule has 30 heavy (non-hydrogen) atoms. The van der Waals surface area contributed by atoms with Crippen LogP contribution >= 0.6 is 0 Å². The minimum Gasteiger partial charge on any atom is -0.381 e. The number of benzene rings is 2. The molecule has 1 fully saturated rings. The number of hydrogen-bond acceptors (Lipinski definition) is 3. The molecule has 0 saturated carbocycles. The van der Waals surface area contributed by atoms with Crippen LogP contribution < -0.4 is 4.90 Å². The lowest BCUT2D eigenvalue weighted by Crippen LogP contribution is -2.43. The summed E-state index contributed by atoms with van der Waals surface area (Å²) in [7, 11) is 0. The average Bonchev–Trinajstić information content (AvgIpc) is 3.15. The summed E-state index contributed by atoms with van der Waals surface area (Å²) in [4.78, 5) is 15.5. The molecule has 0 bridgehead atoms. The lowest BCUT2D eigenvalue weighted by atomic mass is 9.93. The number of carbonyl (C=O) groups excluding carboxylic acids is 1. The predicted octanol–water partition coefficient (Wildman–Crippen LogP) is 4.69. The molecule has 1 aromatic heterocycles. The third-order valence-electron chi connectivity index (χ3n) is 6.23. The summed E-state index contributed by atoms with van der Waals surface area (Å²) in [6, 6.07) is 18.9. The molecule has 0 radical (unpaired) electrons. The number of amides is 1. The van der Waals surface area contributed by atoms with Crippen LogP contribution in [0.1, 0.15) is 25.0 Å². The topological polar surface area (TPSA) is 47.4 Å². The van der Waals surface area contributed by atoms with Crippen molar-refractivity contribution in [1.29, 1.82) is 0 Å². The smallest absolute Gasteiger partial charge is 0.231 e. The van der Waals surface area contributed by atoms with Crippen LogP contribution in [0.3, 0.4) is 0 Å². The van der Waals surface area contributed by atoms with Crippen molar-refractivity contribution >= 4 is 11.7 Å². The van der Waals surface area contributed by atoms with E-state index in [9.17, 15) is 4.79 Å². The van der Waals surface area contributed by atoms with Crippen LogP contribution in [0.25, 0.3) is 22.3 Å². The summed E-state index contributed by atoms with van der Waals surface area (Å²) < 4.78 is 7.52. The zero-order valence-electron chi connectivity index (χ0n) is 17.4. The second-order valence-electron chi connectivity index (χ2n) is 8.15. The molecule has 0 spiro atoms. The van der Waals surface area contributed by atoms with E-state index in [1.807, 2.05) is 15.6 Å². The van der Waals surface area contributed by atoms with Crippen molar-refractivity contribution in [2.45, 2.75) is 32.7 Å². The summed E-state index contributed by atoms with van der Waals surface area (Å²) in [5.74, 6) is 1.22. The van der Waals surface area contributed by atoms with Crippen LogP contribution in [0.5, 0.6) is 0 Å². The van der Waals surface area contributed by atoms with E-state index in [0.29, 0.717) is 13.2 Å². The Balaban J connectivity index is 1.63. The number of hydrogen-bond donors (Lipinski definition) is 0. The van der Waals surface area contributed by atoms with Gasteiger partial charge >= 0.3 is 0 Å². The largest absolute Gasteiger partial charge is 0.381 e. The van der Waals surface area contributed by atoms with E-state index in [1.165, 1.54) is 11.1 Å². The highest BCUT2D eigenvalue weighted by molar-refractivity contribution is 6.00. The summed E-state index contributed by atoms with van der Waals surface area (Å²) in [5, 5.41) is 4.84. The van der Waals surface area contributed by atoms with Crippen molar-refractivity contribution in [2.75, 3.05) is 24.7 Å². The summed E-state index contributed by atoms with van der Waals surface area (Å²) in [6.07, 6.45) is 2.54. The molecule has 154 valence electrons. The Kier molecular flexibility index (Phi) is 5.13. The van der Waals surface area contributed by atoms with Gasteiger partial charge in [0, 0.05) is 37.8 Å². The molecule has 1 amide bonds. The molecule has 5 rings (SSSR count). The molecular weight excluding hydrogens is 374 g/mol. The summed E-state index contributed by atoms with van der Waals surface area (Å²) in [5.41, 5.74) is 5.52. The molecule has 5 heteroatoms. The lowest BCUT2D eigenvalue weighted by Gasteiger charge is -2.33. The Labute approximate surface area is 177 Å². The minimum absolute atomic E-state index is 0.0396. The molecule has 0 aliphatic carbocycles. The van der Waals surface area contributed by atoms with Crippen LogP contribution in [0, 0.1) is 12.8 Å². The molecule has 1 saturated heterocycles. The first-order valence-corrected chi connectivity index (χ1v) is 10.9. The third-order valence-corrected chi connectivity index (χ3v) is 6.23. The van der Waals surface area contributed by atoms with E-state index in [4.69, 9.17) is 9.84 Å². The average molecular weight is 402 g/mol. The van der Waals surface area contributed by atoms with Crippen molar-refractivity contribution < 1.29 is 9.53 Å². The Bertz CT molecular complexity index is 1050. The SMILES string of the molecule is Cc1nn2c(c1-c1ccccc1-c1ccccc1)N(C(=O)C1CCOCC1)CCC2. The standard InChI is InChI=1S/C25H27N3O2/c1-18-23(22-11-6-5-10-21(22)19-8-3-2-4-9-19)24-27(14-7-15-28(24)26-18)25(29)20-12-16-30-17-13-20/h2-6,8-11,20H,7,12-17H2,1H3. The van der Waals surface area contributed by atoms with Crippen molar-refractivity contribution in [3.63, 3.8) is 0 Å². The maximum Gasteiger partial charge on any atom is 0.231 e. The Hall–Kier alpha value is -2.92. The van der Waals surface area contributed by atoms with Gasteiger partial charge in [-0.05, 0) is 42.9 Å². The fourth-order valence-corrected chi connectivity index (χ4v) is 4.75. The van der Waals surface area contributed by atoms with Gasteiger partial charge < -0.3 is 4.74 Å². The van der Waals surface area contributed by atoms with Crippen LogP contribution in [0.2, 0.25) is 0 Å². The van der Waals surface area contributed by atoms with E-state index in [0.717, 1.165) is 55.0 Å². The van der Waals surface area contributed by atoms with Gasteiger partial charge in [0.1, 0.15) is 5.82 Å². The van der Waals surface area contributed by atoms with Gasteiger partial charge in [0.15, 0.2) is 0 Å². The fourth-order valence-electron chi connectivity index (χ4n) is 4.75. The van der Waals surface area contributed by atoms with Crippen molar-refractivity contribution in [1.82, 2.24) is 9.78 Å². The highest BCUT2D eigenvalue weighted by Crippen LogP contribution is 2.41. The molecule has 0 atom stereocenters. The first-order chi connectivity index (χ1) is 14.7. The number of aromatic nitrogens is 2. The zero-order valence-corrected chi connectivity index (χ0v) is 17.4. The van der Waals surface area contributed by atoms with Crippen molar-refractivity contribution in [3.05, 3.63) is 60.3 Å². The Morgan fingerprint density at radius 3 is 2.43 bits per heavy atom. The van der Waals surface area contributed by atoms with Crippen molar-refractivity contribution in [2.24, 2.45) is 5.92 Å². The molecule has 0 unspecified atom stereocenters. The fraction of sp³-hybridized carbons (Fsp3) is 0.360. The van der Waals surface area contributed by atoms with Gasteiger partial charge in [-0.1, -0.05) is 54.6 Å². The van der Waals surface area contributed by atoms with E-state index in [2.05, 4.69) is 55.5 Å². The number of rotatable bonds is 3. The van der Waals surface area contributed by atoms with E-state index in [-0.39, 0.29) is 11.8 Å². The van der Waals surface area contributed by atoms with Gasteiger partial charge in [-0.25, -0.2) is 4.68 Å². The number of anilines is 1. The van der Waals surface area contributed by atoms with Gasteiger partial charge in [-0.3, -0.25) is 9.69 Å². The molecule has 5 nitrogen and oxygen atoms in total. The molecule has 2 aliphatic heterocycles. The van der Waals surface area contributed by atoms with Gasteiger partial charge in [0.2, 0.25) is 5.91 Å². The number of nitrogens with zero attached hydrogens (tertiary/aromatic N) is 3. The maximum absolute atomic E-state index is 13.5. The molecule has 2 aromatic carbocycles. The van der Waals surface area contributed by atoms with E-state index in [1.54, 1.807) is 0 Å². The normalized spacial score (nSPS) is 17.0. The maximum atomic E-state index is 13.5. The van der Waals surface area contributed by atoms with Crippen molar-refractivity contribution in [3.8, 4) is 22.3 Å². The molecule has 3 heterocycles. The van der Waals surface area contributed by atoms with Crippen LogP contribution in [0.4, 0.5) is 5.82 Å². The van der Waals surface area contributed by atoms with E-state index >= 15 is 0 Å². The Morgan fingerprint density at radius 1 is 0.967 bits per heavy atom. The highest BCUT2D eigenvalue weighted by Gasteiger charge is 2.34. The molecular formula is C25H27N3O2. The predicted molar refractivity (Wildman–Crippen MR) is 118 cm³/mol. The quantitative estimate of drug-likeness (QED) is 0.640. The summed E-state index contributed by atoms with van der Waals surface area (Å²) in [6.45, 7) is 5.00. The second kappa shape index (κ2) is 8.07. The number of fused-ring (bicyclic) bond motifs is 1. The number of ether oxygens (including phenoxy) is 1. The number of carbonyl (C=O) groups is 1. The molecule has 2 aliphatic rings. The van der Waals surface area contributed by atoms with E-state index < -0.39 is 0 Å². The van der Waals surface area contributed by atoms with Crippen LogP contribution in [0.15, 0.2) is 54.6 Å². The van der Waals surface area contributed by atoms with Gasteiger partial charge in [0.05, 0.1) is 5.69 Å². The molecule has 3 aromatic rings. The summed E-state index contributed by atoms with van der Waals surface area (Å²) >= 11 is 0. The Morgan fingerprint density at radius 2 is 1.67 bits per heavy atom. The third kappa shape index (κ3) is 3.33. The second-order valence-corrected chi connectivity index (χ2v) is 8.15. The van der Waals surface area contributed by atoms with Crippen LogP contribution in [-0.2, 0) is 16.1 Å². The van der Waals surface area contributed by atoms with Gasteiger partial charge in [-0.15, -0.1) is 0 Å². The first-order valence-electron chi connectivity index (χ1n) is 10.9. The van der Waals surface area contributed by atoms with Gasteiger partial charge in [0.25, 0.3) is 0 Å². The monoisotopic (exact) mass is 401 g/mol. The lowest BCUT2D eigenvalue weighted by molar-refractivity contribution is -0.125. The first kappa shape index (κ1) is 19.1. The van der Waals surface area contributed by atoms with Gasteiger partial charge in [-0.2, -0.15) is 5.10 Å². The zero-order chi connectivity index (χ0) is 20.5. The molecule has 0 N–H and O–H groups in total. The van der Waals surface area contributed by atoms with Crippen LogP contribution in [-0.4, -0.2) is 35.4 Å².